The Morgan fingerprint density at radius 2 is 2.03 bits per heavy atom. The largest absolute Gasteiger partial charge is 0.463 e. The van der Waals surface area contributed by atoms with Gasteiger partial charge in [-0.3, -0.25) is 10.1 Å². The van der Waals surface area contributed by atoms with Crippen LogP contribution in [-0.4, -0.2) is 20.4 Å². The quantitative estimate of drug-likeness (QED) is 0.393. The molecule has 0 aliphatic heterocycles. The molecule has 8 heteroatoms. The van der Waals surface area contributed by atoms with Gasteiger partial charge in [0, 0.05) is 28.2 Å². The number of rotatable bonds is 5. The molecule has 4 heterocycles. The molecule has 5 aromatic rings. The molecule has 144 valence electrons. The Labute approximate surface area is 174 Å². The summed E-state index contributed by atoms with van der Waals surface area (Å²) in [6.07, 6.45) is 1.60. The first-order valence-corrected chi connectivity index (χ1v) is 10.8. The minimum atomic E-state index is -0.271. The smallest absolute Gasteiger partial charge is 0.276 e. The number of aryl methyl sites for hydroxylation is 1. The standard InChI is InChI=1S/C21H16N4O2S2/c1-2-25-16-7-4-3-6-13(16)10-17(25)20-22-15(12-28-20)19(26)24-21-23-14(11-29-21)18-8-5-9-27-18/h3-12H,2H2,1H3,(H,23,24,26). The van der Waals surface area contributed by atoms with Crippen LogP contribution in [0.15, 0.2) is 63.9 Å². The molecule has 0 aliphatic carbocycles. The number of fused-ring (bicyclic) bond motifs is 1. The van der Waals surface area contributed by atoms with Gasteiger partial charge < -0.3 is 8.98 Å². The molecular weight excluding hydrogens is 404 g/mol. The van der Waals surface area contributed by atoms with Gasteiger partial charge in [0.25, 0.3) is 5.91 Å². The van der Waals surface area contributed by atoms with Gasteiger partial charge in [-0.1, -0.05) is 18.2 Å². The second kappa shape index (κ2) is 7.31. The minimum Gasteiger partial charge on any atom is -0.463 e. The van der Waals surface area contributed by atoms with E-state index in [1.54, 1.807) is 17.7 Å². The van der Waals surface area contributed by atoms with E-state index in [2.05, 4.69) is 45.0 Å². The van der Waals surface area contributed by atoms with Crippen molar-refractivity contribution in [2.45, 2.75) is 13.5 Å². The van der Waals surface area contributed by atoms with Crippen LogP contribution in [0.3, 0.4) is 0 Å². The van der Waals surface area contributed by atoms with Gasteiger partial charge >= 0.3 is 0 Å². The van der Waals surface area contributed by atoms with E-state index >= 15 is 0 Å². The molecule has 0 radical (unpaired) electrons. The van der Waals surface area contributed by atoms with Crippen LogP contribution in [0.5, 0.6) is 0 Å². The summed E-state index contributed by atoms with van der Waals surface area (Å²) in [5, 5.41) is 8.95. The van der Waals surface area contributed by atoms with Crippen LogP contribution in [0.1, 0.15) is 17.4 Å². The highest BCUT2D eigenvalue weighted by molar-refractivity contribution is 7.14. The number of furan rings is 1. The highest BCUT2D eigenvalue weighted by Crippen LogP contribution is 2.31. The number of hydrogen-bond donors (Lipinski definition) is 1. The van der Waals surface area contributed by atoms with Crippen LogP contribution in [0, 0.1) is 0 Å². The Morgan fingerprint density at radius 1 is 1.14 bits per heavy atom. The maximum Gasteiger partial charge on any atom is 0.276 e. The van der Waals surface area contributed by atoms with E-state index in [1.165, 1.54) is 33.6 Å². The van der Waals surface area contributed by atoms with Crippen molar-refractivity contribution >= 4 is 44.6 Å². The fourth-order valence-corrected chi connectivity index (χ4v) is 4.77. The average Bonchev–Trinajstić information content (AvgIpc) is 3.53. The highest BCUT2D eigenvalue weighted by atomic mass is 32.1. The van der Waals surface area contributed by atoms with Gasteiger partial charge in [0.15, 0.2) is 10.9 Å². The molecular formula is C21H16N4O2S2. The van der Waals surface area contributed by atoms with Crippen molar-refractivity contribution < 1.29 is 9.21 Å². The van der Waals surface area contributed by atoms with Gasteiger partial charge in [-0.15, -0.1) is 22.7 Å². The highest BCUT2D eigenvalue weighted by Gasteiger charge is 2.17. The zero-order valence-corrected chi connectivity index (χ0v) is 17.1. The summed E-state index contributed by atoms with van der Waals surface area (Å²) in [6.45, 7) is 2.94. The number of amides is 1. The molecule has 4 aromatic heterocycles. The van der Waals surface area contributed by atoms with Crippen LogP contribution in [0.2, 0.25) is 0 Å². The lowest BCUT2D eigenvalue weighted by Crippen LogP contribution is -2.12. The van der Waals surface area contributed by atoms with Gasteiger partial charge in [0.05, 0.1) is 12.0 Å². The Balaban J connectivity index is 1.40. The van der Waals surface area contributed by atoms with E-state index < -0.39 is 0 Å². The molecule has 0 fully saturated rings. The molecule has 0 aliphatic rings. The number of para-hydroxylation sites is 1. The molecule has 0 unspecified atom stereocenters. The normalized spacial score (nSPS) is 11.2. The molecule has 0 spiro atoms. The van der Waals surface area contributed by atoms with Crippen molar-refractivity contribution in [2.75, 3.05) is 5.32 Å². The fourth-order valence-electron chi connectivity index (χ4n) is 3.25. The van der Waals surface area contributed by atoms with Gasteiger partial charge in [0.1, 0.15) is 16.4 Å². The lowest BCUT2D eigenvalue weighted by Gasteiger charge is -2.05. The molecule has 0 saturated carbocycles. The summed E-state index contributed by atoms with van der Waals surface area (Å²) in [5.74, 6) is 0.400. The summed E-state index contributed by atoms with van der Waals surface area (Å²) in [5.41, 5.74) is 3.26. The van der Waals surface area contributed by atoms with E-state index in [0.717, 1.165) is 17.2 Å². The predicted octanol–water partition coefficient (Wildman–Crippen LogP) is 5.75. The van der Waals surface area contributed by atoms with Gasteiger partial charge in [-0.05, 0) is 31.2 Å². The van der Waals surface area contributed by atoms with E-state index in [9.17, 15) is 4.79 Å². The van der Waals surface area contributed by atoms with Crippen LogP contribution in [-0.2, 0) is 6.54 Å². The van der Waals surface area contributed by atoms with Gasteiger partial charge in [0.2, 0.25) is 0 Å². The van der Waals surface area contributed by atoms with Crippen molar-refractivity contribution in [1.29, 1.82) is 0 Å². The third-order valence-electron chi connectivity index (χ3n) is 4.58. The monoisotopic (exact) mass is 420 g/mol. The zero-order chi connectivity index (χ0) is 19.8. The fraction of sp³-hybridized carbons (Fsp3) is 0.0952. The predicted molar refractivity (Wildman–Crippen MR) is 116 cm³/mol. The Bertz CT molecular complexity index is 1300. The molecule has 6 nitrogen and oxygen atoms in total. The summed E-state index contributed by atoms with van der Waals surface area (Å²) in [7, 11) is 0. The molecule has 1 N–H and O–H groups in total. The molecule has 1 aromatic carbocycles. The van der Waals surface area contributed by atoms with Crippen molar-refractivity contribution in [3.05, 3.63) is 65.2 Å². The van der Waals surface area contributed by atoms with Crippen molar-refractivity contribution in [2.24, 2.45) is 0 Å². The van der Waals surface area contributed by atoms with Crippen LogP contribution in [0.25, 0.3) is 33.1 Å². The second-order valence-corrected chi connectivity index (χ2v) is 8.06. The summed E-state index contributed by atoms with van der Waals surface area (Å²) >= 11 is 2.82. The molecule has 0 atom stereocenters. The third-order valence-corrected chi connectivity index (χ3v) is 6.20. The number of anilines is 1. The Hall–Kier alpha value is -3.23. The number of aromatic nitrogens is 3. The Kier molecular flexibility index (Phi) is 4.49. The van der Waals surface area contributed by atoms with E-state index in [-0.39, 0.29) is 5.91 Å². The van der Waals surface area contributed by atoms with Crippen LogP contribution in [0.4, 0.5) is 5.13 Å². The number of nitrogens with one attached hydrogen (secondary N) is 1. The van der Waals surface area contributed by atoms with Gasteiger partial charge in [-0.25, -0.2) is 9.97 Å². The zero-order valence-electron chi connectivity index (χ0n) is 15.5. The molecule has 0 bridgehead atoms. The average molecular weight is 421 g/mol. The lowest BCUT2D eigenvalue weighted by atomic mass is 10.2. The number of nitrogens with zero attached hydrogens (tertiary/aromatic N) is 3. The number of thiazole rings is 2. The molecule has 0 saturated heterocycles. The topological polar surface area (TPSA) is 73.0 Å². The maximum atomic E-state index is 12.7. The number of carbonyl (C=O) groups is 1. The first kappa shape index (κ1) is 17.8. The number of hydrogen-bond acceptors (Lipinski definition) is 6. The summed E-state index contributed by atoms with van der Waals surface area (Å²) in [4.78, 5) is 21.6. The SMILES string of the molecule is CCn1c(-c2nc(C(=O)Nc3nc(-c4ccco4)cs3)cs2)cc2ccccc21. The van der Waals surface area contributed by atoms with Gasteiger partial charge in [-0.2, -0.15) is 0 Å². The van der Waals surface area contributed by atoms with Crippen molar-refractivity contribution in [3.8, 4) is 22.2 Å². The van der Waals surface area contributed by atoms with E-state index in [4.69, 9.17) is 4.42 Å². The molecule has 29 heavy (non-hydrogen) atoms. The number of benzene rings is 1. The van der Waals surface area contributed by atoms with Crippen molar-refractivity contribution in [3.63, 3.8) is 0 Å². The molecule has 5 rings (SSSR count). The Morgan fingerprint density at radius 3 is 2.86 bits per heavy atom. The minimum absolute atomic E-state index is 0.271. The first-order valence-electron chi connectivity index (χ1n) is 9.08. The van der Waals surface area contributed by atoms with E-state index in [0.29, 0.717) is 22.3 Å². The summed E-state index contributed by atoms with van der Waals surface area (Å²) in [6, 6.07) is 14.0. The van der Waals surface area contributed by atoms with Crippen molar-refractivity contribution in [1.82, 2.24) is 14.5 Å². The summed E-state index contributed by atoms with van der Waals surface area (Å²) < 4.78 is 7.55. The van der Waals surface area contributed by atoms with E-state index in [1.807, 2.05) is 23.6 Å². The van der Waals surface area contributed by atoms with Crippen LogP contribution >= 0.6 is 22.7 Å². The molecule has 1 amide bonds. The third kappa shape index (κ3) is 3.26. The first-order chi connectivity index (χ1) is 14.2. The second-order valence-electron chi connectivity index (χ2n) is 6.34. The number of carbonyl (C=O) groups excluding carboxylic acids is 1. The van der Waals surface area contributed by atoms with Crippen LogP contribution < -0.4 is 5.32 Å². The lowest BCUT2D eigenvalue weighted by molar-refractivity contribution is 0.102. The maximum absolute atomic E-state index is 12.7.